The summed E-state index contributed by atoms with van der Waals surface area (Å²) in [7, 11) is 0. The third-order valence-corrected chi connectivity index (χ3v) is 2.06. The number of nitrogens with two attached hydrogens (primary N) is 1. The number of carbonyl (C=O) groups excluding carboxylic acids is 1. The zero-order valence-corrected chi connectivity index (χ0v) is 7.64. The normalized spacial score (nSPS) is 20.6. The summed E-state index contributed by atoms with van der Waals surface area (Å²) in [4.78, 5) is 10.7. The van der Waals surface area contributed by atoms with Crippen LogP contribution < -0.4 is 11.1 Å². The van der Waals surface area contributed by atoms with Crippen molar-refractivity contribution in [1.29, 1.82) is 0 Å². The number of nitrogens with one attached hydrogen (secondary N) is 1. The molecule has 14 heavy (non-hydrogen) atoms. The van der Waals surface area contributed by atoms with Gasteiger partial charge in [0.2, 0.25) is 0 Å². The van der Waals surface area contributed by atoms with Gasteiger partial charge in [0.25, 0.3) is 0 Å². The SMILES string of the molecule is NCc1cnn(CC2CNC(=O)O2)c1. The Morgan fingerprint density at radius 1 is 1.79 bits per heavy atom. The fraction of sp³-hybridized carbons (Fsp3) is 0.500. The van der Waals surface area contributed by atoms with Gasteiger partial charge in [-0.25, -0.2) is 4.79 Å². The van der Waals surface area contributed by atoms with Gasteiger partial charge < -0.3 is 15.8 Å². The van der Waals surface area contributed by atoms with E-state index in [1.807, 2.05) is 6.20 Å². The van der Waals surface area contributed by atoms with Crippen molar-refractivity contribution in [2.24, 2.45) is 5.73 Å². The zero-order valence-electron chi connectivity index (χ0n) is 7.64. The first kappa shape index (κ1) is 9.01. The first-order valence-corrected chi connectivity index (χ1v) is 4.44. The smallest absolute Gasteiger partial charge is 0.407 e. The van der Waals surface area contributed by atoms with Crippen molar-refractivity contribution in [2.45, 2.75) is 19.2 Å². The molecule has 1 unspecified atom stereocenters. The van der Waals surface area contributed by atoms with E-state index in [2.05, 4.69) is 10.4 Å². The number of nitrogens with zero attached hydrogens (tertiary/aromatic N) is 2. The third kappa shape index (κ3) is 1.85. The van der Waals surface area contributed by atoms with E-state index in [1.54, 1.807) is 10.9 Å². The van der Waals surface area contributed by atoms with Crippen molar-refractivity contribution in [3.63, 3.8) is 0 Å². The van der Waals surface area contributed by atoms with Gasteiger partial charge in [0, 0.05) is 18.3 Å². The van der Waals surface area contributed by atoms with Crippen LogP contribution in [-0.2, 0) is 17.8 Å². The maximum Gasteiger partial charge on any atom is 0.407 e. The molecular weight excluding hydrogens is 184 g/mol. The van der Waals surface area contributed by atoms with Crippen LogP contribution in [0.15, 0.2) is 12.4 Å². The molecule has 1 saturated heterocycles. The van der Waals surface area contributed by atoms with Gasteiger partial charge in [0.1, 0.15) is 6.10 Å². The van der Waals surface area contributed by atoms with Gasteiger partial charge in [-0.3, -0.25) is 4.68 Å². The summed E-state index contributed by atoms with van der Waals surface area (Å²) in [6, 6.07) is 0. The molecule has 3 N–H and O–H groups in total. The molecule has 76 valence electrons. The van der Waals surface area contributed by atoms with Gasteiger partial charge in [-0.15, -0.1) is 0 Å². The lowest BCUT2D eigenvalue weighted by Gasteiger charge is -2.06. The van der Waals surface area contributed by atoms with Crippen LogP contribution in [0.4, 0.5) is 4.79 Å². The molecule has 2 rings (SSSR count). The second-order valence-corrected chi connectivity index (χ2v) is 3.18. The van der Waals surface area contributed by atoms with Gasteiger partial charge in [-0.1, -0.05) is 0 Å². The minimum absolute atomic E-state index is 0.131. The maximum atomic E-state index is 10.7. The Labute approximate surface area is 81.0 Å². The van der Waals surface area contributed by atoms with Crippen molar-refractivity contribution in [3.05, 3.63) is 18.0 Å². The number of hydrogen-bond acceptors (Lipinski definition) is 4. The average molecular weight is 196 g/mol. The molecule has 6 heteroatoms. The Hall–Kier alpha value is -1.56. The summed E-state index contributed by atoms with van der Waals surface area (Å²) in [5, 5.41) is 6.68. The molecule has 1 aromatic rings. The first-order valence-electron chi connectivity index (χ1n) is 4.44. The second-order valence-electron chi connectivity index (χ2n) is 3.18. The van der Waals surface area contributed by atoms with E-state index in [1.165, 1.54) is 0 Å². The molecule has 1 fully saturated rings. The van der Waals surface area contributed by atoms with E-state index in [0.717, 1.165) is 5.56 Å². The van der Waals surface area contributed by atoms with Crippen LogP contribution in [0, 0.1) is 0 Å². The van der Waals surface area contributed by atoms with E-state index in [0.29, 0.717) is 19.6 Å². The van der Waals surface area contributed by atoms with Gasteiger partial charge in [-0.05, 0) is 0 Å². The fourth-order valence-corrected chi connectivity index (χ4v) is 1.35. The van der Waals surface area contributed by atoms with Crippen molar-refractivity contribution in [2.75, 3.05) is 6.54 Å². The first-order chi connectivity index (χ1) is 6.78. The molecule has 0 spiro atoms. The number of ether oxygens (including phenoxy) is 1. The Bertz CT molecular complexity index is 336. The predicted octanol–water partition coefficient (Wildman–Crippen LogP) is -0.550. The summed E-state index contributed by atoms with van der Waals surface area (Å²) < 4.78 is 6.70. The molecule has 1 amide bonds. The number of rotatable bonds is 3. The van der Waals surface area contributed by atoms with E-state index < -0.39 is 0 Å². The highest BCUT2D eigenvalue weighted by Crippen LogP contribution is 2.04. The highest BCUT2D eigenvalue weighted by Gasteiger charge is 2.22. The monoisotopic (exact) mass is 196 g/mol. The topological polar surface area (TPSA) is 82.2 Å². The lowest BCUT2D eigenvalue weighted by Crippen LogP contribution is -2.20. The van der Waals surface area contributed by atoms with Gasteiger partial charge in [0.05, 0.1) is 19.3 Å². The van der Waals surface area contributed by atoms with Crippen LogP contribution in [0.3, 0.4) is 0 Å². The van der Waals surface area contributed by atoms with Crippen LogP contribution >= 0.6 is 0 Å². The standard InChI is InChI=1S/C8H12N4O2/c9-1-6-2-11-12(4-6)5-7-3-10-8(13)14-7/h2,4,7H,1,3,5,9H2,(H,10,13). The average Bonchev–Trinajstić information content (AvgIpc) is 2.76. The third-order valence-electron chi connectivity index (χ3n) is 2.06. The summed E-state index contributed by atoms with van der Waals surface area (Å²) >= 11 is 0. The predicted molar refractivity (Wildman–Crippen MR) is 48.4 cm³/mol. The quantitative estimate of drug-likeness (QED) is 0.679. The number of amides is 1. The lowest BCUT2D eigenvalue weighted by atomic mass is 10.3. The molecular formula is C8H12N4O2. The second kappa shape index (κ2) is 3.67. The minimum atomic E-state index is -0.360. The Morgan fingerprint density at radius 2 is 2.64 bits per heavy atom. The molecule has 0 radical (unpaired) electrons. The largest absolute Gasteiger partial charge is 0.442 e. The molecule has 0 bridgehead atoms. The summed E-state index contributed by atoms with van der Waals surface area (Å²) in [6.45, 7) is 1.58. The Morgan fingerprint density at radius 3 is 3.21 bits per heavy atom. The van der Waals surface area contributed by atoms with E-state index in [9.17, 15) is 4.79 Å². The molecule has 1 aliphatic heterocycles. The summed E-state index contributed by atoms with van der Waals surface area (Å²) in [5.74, 6) is 0. The number of carbonyl (C=O) groups is 1. The van der Waals surface area contributed by atoms with Crippen molar-refractivity contribution in [3.8, 4) is 0 Å². The van der Waals surface area contributed by atoms with E-state index in [4.69, 9.17) is 10.5 Å². The minimum Gasteiger partial charge on any atom is -0.442 e. The molecule has 1 aromatic heterocycles. The number of aromatic nitrogens is 2. The number of cyclic esters (lactones) is 1. The van der Waals surface area contributed by atoms with Gasteiger partial charge in [0.15, 0.2) is 0 Å². The number of alkyl carbamates (subject to hydrolysis) is 1. The molecule has 0 aliphatic carbocycles. The van der Waals surface area contributed by atoms with Crippen LogP contribution in [0.25, 0.3) is 0 Å². The van der Waals surface area contributed by atoms with Crippen molar-refractivity contribution < 1.29 is 9.53 Å². The van der Waals surface area contributed by atoms with Crippen LogP contribution in [0.2, 0.25) is 0 Å². The van der Waals surface area contributed by atoms with Crippen LogP contribution in [0.1, 0.15) is 5.56 Å². The fourth-order valence-electron chi connectivity index (χ4n) is 1.35. The van der Waals surface area contributed by atoms with Crippen molar-refractivity contribution in [1.82, 2.24) is 15.1 Å². The molecule has 0 aromatic carbocycles. The maximum absolute atomic E-state index is 10.7. The lowest BCUT2D eigenvalue weighted by molar-refractivity contribution is 0.129. The Kier molecular flexibility index (Phi) is 2.36. The van der Waals surface area contributed by atoms with Crippen LogP contribution in [-0.4, -0.2) is 28.5 Å². The Balaban J connectivity index is 1.93. The molecule has 6 nitrogen and oxygen atoms in total. The summed E-state index contributed by atoms with van der Waals surface area (Å²) in [5.41, 5.74) is 6.42. The van der Waals surface area contributed by atoms with Crippen molar-refractivity contribution >= 4 is 6.09 Å². The van der Waals surface area contributed by atoms with E-state index >= 15 is 0 Å². The highest BCUT2D eigenvalue weighted by molar-refractivity contribution is 5.69. The highest BCUT2D eigenvalue weighted by atomic mass is 16.6. The molecule has 1 aliphatic rings. The summed E-state index contributed by atoms with van der Waals surface area (Å²) in [6.07, 6.45) is 3.07. The molecule has 0 saturated carbocycles. The van der Waals surface area contributed by atoms with E-state index in [-0.39, 0.29) is 12.2 Å². The van der Waals surface area contributed by atoms with Gasteiger partial charge in [-0.2, -0.15) is 5.10 Å². The molecule has 2 heterocycles. The number of hydrogen-bond donors (Lipinski definition) is 2. The molecule has 1 atom stereocenters. The zero-order chi connectivity index (χ0) is 9.97. The van der Waals surface area contributed by atoms with Crippen LogP contribution in [0.5, 0.6) is 0 Å². The van der Waals surface area contributed by atoms with Gasteiger partial charge >= 0.3 is 6.09 Å².